The Kier molecular flexibility index (Phi) is 2.84. The molecule has 1 aliphatic carbocycles. The Hall–Kier alpha value is -1.54. The zero-order valence-corrected chi connectivity index (χ0v) is 8.30. The van der Waals surface area contributed by atoms with Crippen molar-refractivity contribution in [2.24, 2.45) is 0 Å². The molecule has 1 N–H and O–H groups in total. The van der Waals surface area contributed by atoms with Gasteiger partial charge >= 0.3 is 0 Å². The Morgan fingerprint density at radius 1 is 1.25 bits per heavy atom. The minimum absolute atomic E-state index is 0.116. The van der Waals surface area contributed by atoms with E-state index in [2.05, 4.69) is 5.32 Å². The van der Waals surface area contributed by atoms with Crippen molar-refractivity contribution in [2.75, 3.05) is 0 Å². The largest absolute Gasteiger partial charge is 0.295 e. The zero-order valence-electron chi connectivity index (χ0n) is 8.30. The van der Waals surface area contributed by atoms with E-state index in [1.807, 2.05) is 6.07 Å². The molecule has 0 radical (unpaired) electrons. The van der Waals surface area contributed by atoms with Gasteiger partial charge in [0.2, 0.25) is 0 Å². The summed E-state index contributed by atoms with van der Waals surface area (Å²) in [6.07, 6.45) is 1.90. The van der Waals surface area contributed by atoms with Crippen LogP contribution in [0.2, 0.25) is 0 Å². The van der Waals surface area contributed by atoms with Crippen LogP contribution in [0.5, 0.6) is 0 Å². The Balaban J connectivity index is 2.27. The summed E-state index contributed by atoms with van der Waals surface area (Å²) >= 11 is 0. The first-order valence-electron chi connectivity index (χ1n) is 4.92. The molecule has 0 aromatic heterocycles. The molecule has 0 aliphatic heterocycles. The van der Waals surface area contributed by atoms with Crippen LogP contribution in [0.1, 0.15) is 24.4 Å². The molecule has 1 saturated carbocycles. The molecular formula is C11H9F3N2. The summed E-state index contributed by atoms with van der Waals surface area (Å²) in [5.41, 5.74) is 0.116. The predicted molar refractivity (Wildman–Crippen MR) is 50.8 cm³/mol. The second-order valence-electron chi connectivity index (χ2n) is 3.80. The van der Waals surface area contributed by atoms with Crippen molar-refractivity contribution in [3.05, 3.63) is 35.1 Å². The first kappa shape index (κ1) is 11.0. The highest BCUT2D eigenvalue weighted by atomic mass is 19.2. The molecule has 16 heavy (non-hydrogen) atoms. The number of nitrogens with one attached hydrogen (secondary N) is 1. The van der Waals surface area contributed by atoms with E-state index >= 15 is 0 Å². The van der Waals surface area contributed by atoms with Gasteiger partial charge in [-0.05, 0) is 30.5 Å². The fourth-order valence-corrected chi connectivity index (χ4v) is 1.44. The van der Waals surface area contributed by atoms with Gasteiger partial charge in [-0.25, -0.2) is 13.2 Å². The van der Waals surface area contributed by atoms with Gasteiger partial charge in [-0.15, -0.1) is 0 Å². The van der Waals surface area contributed by atoms with E-state index in [1.165, 1.54) is 0 Å². The van der Waals surface area contributed by atoms with E-state index in [9.17, 15) is 13.2 Å². The van der Waals surface area contributed by atoms with E-state index in [1.54, 1.807) is 0 Å². The lowest BCUT2D eigenvalue weighted by molar-refractivity contribution is 0.443. The van der Waals surface area contributed by atoms with E-state index in [0.717, 1.165) is 25.0 Å². The Morgan fingerprint density at radius 2 is 1.81 bits per heavy atom. The van der Waals surface area contributed by atoms with Crippen LogP contribution < -0.4 is 5.32 Å². The SMILES string of the molecule is N#CC(NC1CC1)c1cc(F)c(F)c(F)c1. The van der Waals surface area contributed by atoms with Gasteiger partial charge in [-0.1, -0.05) is 0 Å². The highest BCUT2D eigenvalue weighted by Gasteiger charge is 2.26. The highest BCUT2D eigenvalue weighted by Crippen LogP contribution is 2.25. The molecule has 0 saturated heterocycles. The second-order valence-corrected chi connectivity index (χ2v) is 3.80. The molecular weight excluding hydrogens is 217 g/mol. The van der Waals surface area contributed by atoms with Crippen molar-refractivity contribution in [1.82, 2.24) is 5.32 Å². The summed E-state index contributed by atoms with van der Waals surface area (Å²) in [4.78, 5) is 0. The van der Waals surface area contributed by atoms with Crippen molar-refractivity contribution in [2.45, 2.75) is 24.9 Å². The van der Waals surface area contributed by atoms with Crippen LogP contribution in [0, 0.1) is 28.8 Å². The average molecular weight is 226 g/mol. The zero-order chi connectivity index (χ0) is 11.7. The summed E-state index contributed by atoms with van der Waals surface area (Å²) in [7, 11) is 0. The molecule has 84 valence electrons. The first-order chi connectivity index (χ1) is 7.61. The number of nitriles is 1. The summed E-state index contributed by atoms with van der Waals surface area (Å²) in [6, 6.07) is 3.02. The number of benzene rings is 1. The Morgan fingerprint density at radius 3 is 2.25 bits per heavy atom. The number of halogens is 3. The van der Waals surface area contributed by atoms with E-state index in [4.69, 9.17) is 5.26 Å². The van der Waals surface area contributed by atoms with Crippen molar-refractivity contribution in [3.63, 3.8) is 0 Å². The van der Waals surface area contributed by atoms with Crippen molar-refractivity contribution in [3.8, 4) is 6.07 Å². The second kappa shape index (κ2) is 4.14. The van der Waals surface area contributed by atoms with Gasteiger partial charge < -0.3 is 0 Å². The highest BCUT2D eigenvalue weighted by molar-refractivity contribution is 5.27. The molecule has 1 aromatic carbocycles. The third-order valence-electron chi connectivity index (χ3n) is 2.45. The maximum atomic E-state index is 12.9. The lowest BCUT2D eigenvalue weighted by Crippen LogP contribution is -2.22. The monoisotopic (exact) mass is 226 g/mol. The van der Waals surface area contributed by atoms with Crippen LogP contribution in [-0.2, 0) is 0 Å². The van der Waals surface area contributed by atoms with Crippen LogP contribution >= 0.6 is 0 Å². The molecule has 5 heteroatoms. The fourth-order valence-electron chi connectivity index (χ4n) is 1.44. The van der Waals surface area contributed by atoms with Gasteiger partial charge in [0.1, 0.15) is 6.04 Å². The third kappa shape index (κ3) is 2.17. The van der Waals surface area contributed by atoms with E-state index < -0.39 is 23.5 Å². The van der Waals surface area contributed by atoms with Crippen molar-refractivity contribution >= 4 is 0 Å². The Bertz CT molecular complexity index is 426. The van der Waals surface area contributed by atoms with Crippen molar-refractivity contribution in [1.29, 1.82) is 5.26 Å². The summed E-state index contributed by atoms with van der Waals surface area (Å²) < 4.78 is 38.6. The van der Waals surface area contributed by atoms with Crippen LogP contribution in [0.4, 0.5) is 13.2 Å². The van der Waals surface area contributed by atoms with Crippen LogP contribution in [0.3, 0.4) is 0 Å². The lowest BCUT2D eigenvalue weighted by atomic mass is 10.1. The smallest absolute Gasteiger partial charge is 0.194 e. The number of rotatable bonds is 3. The molecule has 1 fully saturated rings. The number of hydrogen-bond acceptors (Lipinski definition) is 2. The predicted octanol–water partition coefficient (Wildman–Crippen LogP) is 2.42. The van der Waals surface area contributed by atoms with Crippen molar-refractivity contribution < 1.29 is 13.2 Å². The molecule has 0 spiro atoms. The minimum Gasteiger partial charge on any atom is -0.295 e. The molecule has 0 heterocycles. The van der Waals surface area contributed by atoms with E-state index in [-0.39, 0.29) is 11.6 Å². The molecule has 1 aromatic rings. The summed E-state index contributed by atoms with van der Waals surface area (Å²) in [5.74, 6) is -4.05. The molecule has 2 nitrogen and oxygen atoms in total. The maximum Gasteiger partial charge on any atom is 0.194 e. The van der Waals surface area contributed by atoms with Gasteiger partial charge in [0.25, 0.3) is 0 Å². The normalized spacial score (nSPS) is 16.9. The molecule has 1 aliphatic rings. The minimum atomic E-state index is -1.51. The van der Waals surface area contributed by atoms with E-state index in [0.29, 0.717) is 0 Å². The fraction of sp³-hybridized carbons (Fsp3) is 0.364. The van der Waals surface area contributed by atoms with Gasteiger partial charge in [0, 0.05) is 6.04 Å². The topological polar surface area (TPSA) is 35.8 Å². The number of nitrogens with zero attached hydrogens (tertiary/aromatic N) is 1. The summed E-state index contributed by atoms with van der Waals surface area (Å²) in [6.45, 7) is 0. The molecule has 1 unspecified atom stereocenters. The average Bonchev–Trinajstić information content (AvgIpc) is 3.05. The summed E-state index contributed by atoms with van der Waals surface area (Å²) in [5, 5.41) is 11.8. The van der Waals surface area contributed by atoms with Gasteiger partial charge in [0.15, 0.2) is 17.5 Å². The van der Waals surface area contributed by atoms with Crippen LogP contribution in [0.25, 0.3) is 0 Å². The first-order valence-corrected chi connectivity index (χ1v) is 4.92. The molecule has 2 rings (SSSR count). The molecule has 1 atom stereocenters. The molecule has 0 amide bonds. The molecule has 0 bridgehead atoms. The maximum absolute atomic E-state index is 12.9. The van der Waals surface area contributed by atoms with Crippen LogP contribution in [-0.4, -0.2) is 6.04 Å². The standard InChI is InChI=1S/C11H9F3N2/c12-8-3-6(4-9(13)11(8)14)10(5-15)16-7-1-2-7/h3-4,7,10,16H,1-2H2. The van der Waals surface area contributed by atoms with Gasteiger partial charge in [-0.2, -0.15) is 5.26 Å². The third-order valence-corrected chi connectivity index (χ3v) is 2.45. The quantitative estimate of drug-likeness (QED) is 0.803. The number of hydrogen-bond donors (Lipinski definition) is 1. The lowest BCUT2D eigenvalue weighted by Gasteiger charge is -2.11. The van der Waals surface area contributed by atoms with Gasteiger partial charge in [-0.3, -0.25) is 5.32 Å². The van der Waals surface area contributed by atoms with Crippen LogP contribution in [0.15, 0.2) is 12.1 Å². The van der Waals surface area contributed by atoms with Gasteiger partial charge in [0.05, 0.1) is 6.07 Å². The Labute approximate surface area is 90.7 Å².